The number of rotatable bonds is 3. The number of methoxy groups -OCH3 is 1. The van der Waals surface area contributed by atoms with Crippen molar-refractivity contribution in [3.05, 3.63) is 59.7 Å². The van der Waals surface area contributed by atoms with Gasteiger partial charge in [0.2, 0.25) is 12.0 Å². The molecule has 1 aliphatic rings. The number of esters is 1. The number of anilines is 1. The van der Waals surface area contributed by atoms with Crippen molar-refractivity contribution in [2.24, 2.45) is 0 Å². The lowest BCUT2D eigenvalue weighted by Crippen LogP contribution is -2.48. The van der Waals surface area contributed by atoms with Crippen molar-refractivity contribution in [1.29, 1.82) is 0 Å². The van der Waals surface area contributed by atoms with E-state index in [4.69, 9.17) is 9.47 Å². The maximum atomic E-state index is 12.8. The van der Waals surface area contributed by atoms with Crippen molar-refractivity contribution in [3.63, 3.8) is 0 Å². The fraction of sp³-hybridized carbons (Fsp3) is 0.263. The normalized spacial score (nSPS) is 16.1. The van der Waals surface area contributed by atoms with Crippen molar-refractivity contribution in [1.82, 2.24) is 0 Å². The van der Waals surface area contributed by atoms with Crippen LogP contribution in [-0.4, -0.2) is 31.6 Å². The minimum atomic E-state index is -0.813. The molecule has 0 unspecified atom stereocenters. The summed E-state index contributed by atoms with van der Waals surface area (Å²) in [5.74, 6) is -0.0578. The summed E-state index contributed by atoms with van der Waals surface area (Å²) in [7, 11) is 1.31. The number of aryl methyl sites for hydroxylation is 1. The van der Waals surface area contributed by atoms with Crippen LogP contribution in [0.15, 0.2) is 48.5 Å². The quantitative estimate of drug-likeness (QED) is 0.814. The Bertz CT molecular complexity index is 754. The van der Waals surface area contributed by atoms with Crippen LogP contribution in [0.3, 0.4) is 0 Å². The maximum absolute atomic E-state index is 12.8. The van der Waals surface area contributed by atoms with Crippen molar-refractivity contribution in [2.45, 2.75) is 19.4 Å². The maximum Gasteiger partial charge on any atom is 0.348 e. The molecule has 5 nitrogen and oxygen atoms in total. The van der Waals surface area contributed by atoms with E-state index in [9.17, 15) is 9.59 Å². The molecule has 124 valence electrons. The van der Waals surface area contributed by atoms with Crippen molar-refractivity contribution >= 4 is 17.6 Å². The number of para-hydroxylation sites is 2. The average molecular weight is 325 g/mol. The minimum Gasteiger partial charge on any atom is -0.475 e. The molecule has 5 heteroatoms. The second kappa shape index (κ2) is 6.74. The van der Waals surface area contributed by atoms with Crippen LogP contribution in [0.4, 0.5) is 5.69 Å². The van der Waals surface area contributed by atoms with Gasteiger partial charge in [0.15, 0.2) is 0 Å². The highest BCUT2D eigenvalue weighted by atomic mass is 16.6. The summed E-state index contributed by atoms with van der Waals surface area (Å²) in [5.41, 5.74) is 2.76. The fourth-order valence-corrected chi connectivity index (χ4v) is 2.70. The van der Waals surface area contributed by atoms with Gasteiger partial charge >= 0.3 is 5.97 Å². The van der Waals surface area contributed by atoms with E-state index in [-0.39, 0.29) is 18.9 Å². The summed E-state index contributed by atoms with van der Waals surface area (Å²) in [6.07, 6.45) is -0.547. The molecule has 0 spiro atoms. The van der Waals surface area contributed by atoms with E-state index in [1.54, 1.807) is 17.0 Å². The Morgan fingerprint density at radius 2 is 1.88 bits per heavy atom. The Morgan fingerprint density at radius 1 is 1.17 bits per heavy atom. The van der Waals surface area contributed by atoms with Crippen LogP contribution < -0.4 is 9.64 Å². The fourth-order valence-electron chi connectivity index (χ4n) is 2.70. The van der Waals surface area contributed by atoms with E-state index >= 15 is 0 Å². The number of nitrogens with zero attached hydrogens (tertiary/aromatic N) is 1. The van der Waals surface area contributed by atoms with E-state index < -0.39 is 12.1 Å². The van der Waals surface area contributed by atoms with Crippen LogP contribution in [0.25, 0.3) is 0 Å². The van der Waals surface area contributed by atoms with Gasteiger partial charge in [-0.15, -0.1) is 0 Å². The summed E-state index contributed by atoms with van der Waals surface area (Å²) in [5, 5.41) is 0. The molecule has 2 aromatic rings. The molecule has 0 fully saturated rings. The van der Waals surface area contributed by atoms with Crippen molar-refractivity contribution in [2.75, 3.05) is 18.6 Å². The van der Waals surface area contributed by atoms with Gasteiger partial charge in [-0.1, -0.05) is 42.0 Å². The Morgan fingerprint density at radius 3 is 2.58 bits per heavy atom. The summed E-state index contributed by atoms with van der Waals surface area (Å²) in [6.45, 7) is 2.15. The van der Waals surface area contributed by atoms with Crippen molar-refractivity contribution in [3.8, 4) is 5.75 Å². The van der Waals surface area contributed by atoms with Crippen LogP contribution >= 0.6 is 0 Å². The third-order valence-corrected chi connectivity index (χ3v) is 4.01. The molecule has 0 N–H and O–H groups in total. The predicted octanol–water partition coefficient (Wildman–Crippen LogP) is 2.50. The molecule has 1 heterocycles. The zero-order chi connectivity index (χ0) is 17.1. The van der Waals surface area contributed by atoms with Crippen LogP contribution in [0, 0.1) is 6.92 Å². The molecule has 0 aromatic heterocycles. The van der Waals surface area contributed by atoms with Gasteiger partial charge in [0, 0.05) is 0 Å². The largest absolute Gasteiger partial charge is 0.475 e. The van der Waals surface area contributed by atoms with Gasteiger partial charge in [-0.25, -0.2) is 4.79 Å². The van der Waals surface area contributed by atoms with Gasteiger partial charge in [-0.05, 0) is 24.6 Å². The van der Waals surface area contributed by atoms with Crippen LogP contribution in [0.5, 0.6) is 5.75 Å². The zero-order valence-electron chi connectivity index (χ0n) is 13.7. The molecular formula is C19H19NO4. The summed E-state index contributed by atoms with van der Waals surface area (Å²) in [6, 6.07) is 15.1. The highest BCUT2D eigenvalue weighted by molar-refractivity contribution is 5.97. The van der Waals surface area contributed by atoms with Gasteiger partial charge in [0.05, 0.1) is 25.8 Å². The first kappa shape index (κ1) is 16.1. The van der Waals surface area contributed by atoms with Crippen LogP contribution in [0.2, 0.25) is 0 Å². The number of carbonyl (C=O) groups excluding carboxylic acids is 2. The lowest BCUT2D eigenvalue weighted by molar-refractivity contribution is -0.148. The highest BCUT2D eigenvalue weighted by Gasteiger charge is 2.34. The minimum absolute atomic E-state index is 0.0801. The molecule has 0 aliphatic carbocycles. The SMILES string of the molecule is COC(=O)[C@@H]1CN(C(=O)Cc2ccc(C)cc2)c2ccccc2O1. The zero-order valence-corrected chi connectivity index (χ0v) is 13.7. The topological polar surface area (TPSA) is 55.8 Å². The Hall–Kier alpha value is -2.82. The Labute approximate surface area is 140 Å². The summed E-state index contributed by atoms with van der Waals surface area (Å²) >= 11 is 0. The molecule has 3 rings (SSSR count). The third kappa shape index (κ3) is 3.25. The molecule has 2 aromatic carbocycles. The molecule has 0 saturated heterocycles. The Balaban J connectivity index is 1.85. The highest BCUT2D eigenvalue weighted by Crippen LogP contribution is 2.33. The smallest absolute Gasteiger partial charge is 0.348 e. The molecule has 0 radical (unpaired) electrons. The van der Waals surface area contributed by atoms with E-state index in [1.807, 2.05) is 43.3 Å². The van der Waals surface area contributed by atoms with Crippen molar-refractivity contribution < 1.29 is 19.1 Å². The first-order valence-electron chi connectivity index (χ1n) is 7.78. The lowest BCUT2D eigenvalue weighted by atomic mass is 10.1. The number of amides is 1. The number of carbonyl (C=O) groups is 2. The first-order valence-corrected chi connectivity index (χ1v) is 7.78. The van der Waals surface area contributed by atoms with Gasteiger partial charge < -0.3 is 14.4 Å². The second-order valence-electron chi connectivity index (χ2n) is 5.76. The monoisotopic (exact) mass is 325 g/mol. The molecule has 24 heavy (non-hydrogen) atoms. The summed E-state index contributed by atoms with van der Waals surface area (Å²) < 4.78 is 10.4. The van der Waals surface area contributed by atoms with E-state index in [1.165, 1.54) is 7.11 Å². The number of ether oxygens (including phenoxy) is 2. The van der Waals surface area contributed by atoms with E-state index in [0.717, 1.165) is 11.1 Å². The van der Waals surface area contributed by atoms with Gasteiger partial charge in [0.1, 0.15) is 5.75 Å². The van der Waals surface area contributed by atoms with Gasteiger partial charge in [-0.3, -0.25) is 4.79 Å². The average Bonchev–Trinajstić information content (AvgIpc) is 2.62. The van der Waals surface area contributed by atoms with E-state index in [0.29, 0.717) is 11.4 Å². The molecule has 0 saturated carbocycles. The molecule has 1 atom stereocenters. The molecule has 1 amide bonds. The number of fused-ring (bicyclic) bond motifs is 1. The predicted molar refractivity (Wildman–Crippen MR) is 90.1 cm³/mol. The molecule has 0 bridgehead atoms. The van der Waals surface area contributed by atoms with Gasteiger partial charge in [-0.2, -0.15) is 0 Å². The number of benzene rings is 2. The molecule has 1 aliphatic heterocycles. The van der Waals surface area contributed by atoms with Gasteiger partial charge in [0.25, 0.3) is 0 Å². The van der Waals surface area contributed by atoms with Crippen LogP contribution in [0.1, 0.15) is 11.1 Å². The first-order chi connectivity index (χ1) is 11.6. The van der Waals surface area contributed by atoms with Crippen LogP contribution in [-0.2, 0) is 20.7 Å². The second-order valence-corrected chi connectivity index (χ2v) is 5.76. The molecular weight excluding hydrogens is 306 g/mol. The Kier molecular flexibility index (Phi) is 4.51. The standard InChI is InChI=1S/C19H19NO4/c1-13-7-9-14(10-8-13)11-18(21)20-12-17(19(22)23-2)24-16-6-4-3-5-15(16)20/h3-10,17H,11-12H2,1-2H3/t17-/m0/s1. The summed E-state index contributed by atoms with van der Waals surface area (Å²) in [4.78, 5) is 26.2. The third-order valence-electron chi connectivity index (χ3n) is 4.01. The number of hydrogen-bond donors (Lipinski definition) is 0. The lowest BCUT2D eigenvalue weighted by Gasteiger charge is -2.33. The van der Waals surface area contributed by atoms with E-state index in [2.05, 4.69) is 0 Å². The number of hydrogen-bond acceptors (Lipinski definition) is 4.